The molecule has 0 unspecified atom stereocenters. The summed E-state index contributed by atoms with van der Waals surface area (Å²) in [5, 5.41) is 0. The average Bonchev–Trinajstić information content (AvgIpc) is 2.81. The second kappa shape index (κ2) is 9.82. The van der Waals surface area contributed by atoms with Crippen molar-refractivity contribution >= 4 is 41.2 Å². The summed E-state index contributed by atoms with van der Waals surface area (Å²) in [6, 6.07) is 37.5. The zero-order chi connectivity index (χ0) is 20.6. The number of hydrogen-bond donors (Lipinski definition) is 0. The second-order valence-corrected chi connectivity index (χ2v) is 8.75. The van der Waals surface area contributed by atoms with Crippen molar-refractivity contribution < 1.29 is 4.79 Å². The molecule has 0 aromatic heterocycles. The standard InChI is InChI=1S/C27H19NOSe/c29-27(30-23-16-8-3-9-17-23)24-18-10-11-19-26(24)28-20-25(21-12-4-1-5-13-21)22-14-6-2-7-15-22/h1-19H. The van der Waals surface area contributed by atoms with Crippen LogP contribution < -0.4 is 4.46 Å². The number of carbonyl (C=O) groups is 1. The fraction of sp³-hybridized carbons (Fsp3) is 0. The van der Waals surface area contributed by atoms with Gasteiger partial charge in [-0.25, -0.2) is 0 Å². The molecule has 144 valence electrons. The molecule has 0 aliphatic heterocycles. The third kappa shape index (κ3) is 4.92. The van der Waals surface area contributed by atoms with Gasteiger partial charge in [-0.3, -0.25) is 0 Å². The third-order valence-corrected chi connectivity index (χ3v) is 6.41. The van der Waals surface area contributed by atoms with Crippen LogP contribution in [0.2, 0.25) is 0 Å². The number of hydrogen-bond acceptors (Lipinski definition) is 2. The number of benzene rings is 4. The van der Waals surface area contributed by atoms with E-state index in [4.69, 9.17) is 0 Å². The van der Waals surface area contributed by atoms with Crippen LogP contribution in [0.1, 0.15) is 21.5 Å². The van der Waals surface area contributed by atoms with E-state index < -0.39 is 0 Å². The Morgan fingerprint density at radius 3 is 1.73 bits per heavy atom. The molecule has 0 fully saturated rings. The van der Waals surface area contributed by atoms with Gasteiger partial charge in [0, 0.05) is 0 Å². The molecule has 0 aliphatic carbocycles. The zero-order valence-corrected chi connectivity index (χ0v) is 17.9. The summed E-state index contributed by atoms with van der Waals surface area (Å²) >= 11 is -0.293. The van der Waals surface area contributed by atoms with E-state index in [0.717, 1.165) is 21.2 Å². The van der Waals surface area contributed by atoms with Gasteiger partial charge in [0.05, 0.1) is 0 Å². The molecular weight excluding hydrogens is 433 g/mol. The molecule has 0 bridgehead atoms. The van der Waals surface area contributed by atoms with Gasteiger partial charge in [0.1, 0.15) is 0 Å². The van der Waals surface area contributed by atoms with Crippen molar-refractivity contribution in [2.45, 2.75) is 0 Å². The Bertz CT molecular complexity index is 1150. The van der Waals surface area contributed by atoms with Crippen LogP contribution in [0.3, 0.4) is 0 Å². The van der Waals surface area contributed by atoms with Gasteiger partial charge in [-0.15, -0.1) is 0 Å². The molecule has 0 aliphatic rings. The predicted octanol–water partition coefficient (Wildman–Crippen LogP) is 5.29. The van der Waals surface area contributed by atoms with Crippen LogP contribution >= 0.6 is 0 Å². The van der Waals surface area contributed by atoms with Crippen molar-refractivity contribution in [3.05, 3.63) is 132 Å². The topological polar surface area (TPSA) is 29.4 Å². The Morgan fingerprint density at radius 2 is 1.13 bits per heavy atom. The van der Waals surface area contributed by atoms with Gasteiger partial charge in [0.2, 0.25) is 0 Å². The number of aliphatic imine (C=N–C) groups is 1. The molecular formula is C27H19NOSe. The minimum atomic E-state index is -0.293. The second-order valence-electron chi connectivity index (χ2n) is 6.55. The third-order valence-electron chi connectivity index (χ3n) is 4.49. The molecule has 0 saturated carbocycles. The first kappa shape index (κ1) is 19.8. The van der Waals surface area contributed by atoms with E-state index in [1.807, 2.05) is 115 Å². The molecule has 0 heterocycles. The van der Waals surface area contributed by atoms with E-state index in [2.05, 4.69) is 10.9 Å². The van der Waals surface area contributed by atoms with Crippen molar-refractivity contribution in [1.82, 2.24) is 0 Å². The monoisotopic (exact) mass is 453 g/mol. The van der Waals surface area contributed by atoms with E-state index in [1.54, 1.807) is 0 Å². The van der Waals surface area contributed by atoms with E-state index in [9.17, 15) is 4.79 Å². The van der Waals surface area contributed by atoms with Crippen molar-refractivity contribution in [3.8, 4) is 0 Å². The van der Waals surface area contributed by atoms with Crippen molar-refractivity contribution in [1.29, 1.82) is 0 Å². The summed E-state index contributed by atoms with van der Waals surface area (Å²) in [6.45, 7) is 0. The molecule has 0 spiro atoms. The normalized spacial score (nSPS) is 10.1. The van der Waals surface area contributed by atoms with Gasteiger partial charge in [-0.2, -0.15) is 0 Å². The van der Waals surface area contributed by atoms with Gasteiger partial charge in [-0.05, 0) is 0 Å². The van der Waals surface area contributed by atoms with Crippen LogP contribution in [0.15, 0.2) is 120 Å². The van der Waals surface area contributed by atoms with Crippen LogP contribution in [0.5, 0.6) is 0 Å². The van der Waals surface area contributed by atoms with Crippen LogP contribution in [0.4, 0.5) is 5.69 Å². The van der Waals surface area contributed by atoms with Gasteiger partial charge >= 0.3 is 183 Å². The van der Waals surface area contributed by atoms with Gasteiger partial charge in [0.25, 0.3) is 0 Å². The fourth-order valence-corrected chi connectivity index (χ4v) is 4.67. The molecule has 2 nitrogen and oxygen atoms in total. The first-order chi connectivity index (χ1) is 14.8. The molecule has 0 atom stereocenters. The number of nitrogens with zero attached hydrogens (tertiary/aromatic N) is 1. The van der Waals surface area contributed by atoms with Gasteiger partial charge in [0.15, 0.2) is 0 Å². The molecule has 30 heavy (non-hydrogen) atoms. The first-order valence-corrected chi connectivity index (χ1v) is 11.3. The van der Waals surface area contributed by atoms with Crippen molar-refractivity contribution in [2.24, 2.45) is 4.99 Å². The Balaban J connectivity index is 1.74. The van der Waals surface area contributed by atoms with Crippen LogP contribution in [-0.4, -0.2) is 25.5 Å². The molecule has 4 aromatic carbocycles. The summed E-state index contributed by atoms with van der Waals surface area (Å²) in [5.41, 5.74) is 4.24. The zero-order valence-electron chi connectivity index (χ0n) is 16.2. The number of rotatable bonds is 6. The molecule has 0 amide bonds. The van der Waals surface area contributed by atoms with E-state index in [1.165, 1.54) is 0 Å². The quantitative estimate of drug-likeness (QED) is 0.289. The summed E-state index contributed by atoms with van der Waals surface area (Å²) in [5.74, 6) is 3.22. The van der Waals surface area contributed by atoms with Crippen LogP contribution in [0.25, 0.3) is 5.57 Å². The summed E-state index contributed by atoms with van der Waals surface area (Å²) in [4.78, 5) is 17.6. The number of para-hydroxylation sites is 1. The average molecular weight is 452 g/mol. The van der Waals surface area contributed by atoms with Gasteiger partial charge in [-0.1, -0.05) is 0 Å². The molecule has 4 aromatic rings. The van der Waals surface area contributed by atoms with Crippen molar-refractivity contribution in [3.63, 3.8) is 0 Å². The molecule has 0 saturated heterocycles. The SMILES string of the molecule is O=C([Se]c1ccccc1)c1ccccc1N=C=C(c1ccccc1)c1ccccc1. The fourth-order valence-electron chi connectivity index (χ4n) is 3.02. The molecule has 3 heteroatoms. The maximum absolute atomic E-state index is 13.0. The van der Waals surface area contributed by atoms with Crippen molar-refractivity contribution in [2.75, 3.05) is 0 Å². The maximum atomic E-state index is 13.0. The predicted molar refractivity (Wildman–Crippen MR) is 125 cm³/mol. The molecule has 4 rings (SSSR count). The Morgan fingerprint density at radius 1 is 0.633 bits per heavy atom. The Kier molecular flexibility index (Phi) is 6.49. The Hall–Kier alpha value is -3.48. The van der Waals surface area contributed by atoms with Crippen LogP contribution in [-0.2, 0) is 0 Å². The first-order valence-electron chi connectivity index (χ1n) is 9.62. The Labute approximate surface area is 182 Å². The summed E-state index contributed by atoms with van der Waals surface area (Å²) < 4.78 is 1.16. The molecule has 0 radical (unpaired) electrons. The van der Waals surface area contributed by atoms with E-state index >= 15 is 0 Å². The summed E-state index contributed by atoms with van der Waals surface area (Å²) in [6.07, 6.45) is 0. The number of carbonyl (C=O) groups excluding carboxylic acids is 1. The van der Waals surface area contributed by atoms with E-state index in [-0.39, 0.29) is 19.6 Å². The summed E-state index contributed by atoms with van der Waals surface area (Å²) in [7, 11) is 0. The molecule has 0 N–H and O–H groups in total. The van der Waals surface area contributed by atoms with E-state index in [0.29, 0.717) is 11.3 Å². The van der Waals surface area contributed by atoms with Crippen LogP contribution in [0, 0.1) is 0 Å². The van der Waals surface area contributed by atoms with Gasteiger partial charge < -0.3 is 0 Å². The minimum absolute atomic E-state index is 0.107.